The topological polar surface area (TPSA) is 57.0 Å². The molecule has 33 heavy (non-hydrogen) atoms. The highest BCUT2D eigenvalue weighted by molar-refractivity contribution is 5.92. The van der Waals surface area contributed by atoms with E-state index in [9.17, 15) is 13.6 Å². The minimum atomic E-state index is -0.449. The van der Waals surface area contributed by atoms with Crippen LogP contribution in [0, 0.1) is 11.6 Å². The average Bonchev–Trinajstić information content (AvgIpc) is 3.46. The number of amides is 1. The van der Waals surface area contributed by atoms with Gasteiger partial charge in [0.15, 0.2) is 5.65 Å². The van der Waals surface area contributed by atoms with Gasteiger partial charge in [0.25, 0.3) is 0 Å². The van der Waals surface area contributed by atoms with E-state index in [2.05, 4.69) is 10.00 Å². The van der Waals surface area contributed by atoms with Gasteiger partial charge < -0.3 is 14.7 Å². The average molecular weight is 453 g/mol. The third kappa shape index (κ3) is 4.32. The van der Waals surface area contributed by atoms with Crippen LogP contribution in [0.4, 0.5) is 14.6 Å². The summed E-state index contributed by atoms with van der Waals surface area (Å²) in [4.78, 5) is 23.4. The minimum Gasteiger partial charge on any atom is -0.349 e. The molecule has 172 valence electrons. The zero-order valence-electron chi connectivity index (χ0n) is 18.5. The van der Waals surface area contributed by atoms with Gasteiger partial charge in [-0.3, -0.25) is 4.79 Å². The Morgan fingerprint density at radius 2 is 1.94 bits per heavy atom. The SMILES string of the molecule is CN1CCN(C(=O)C=Cc2cnn3ccc(N4CCC[C@@H]4c4cc(F)ccc4F)nc23)CC1. The second-order valence-electron chi connectivity index (χ2n) is 8.63. The summed E-state index contributed by atoms with van der Waals surface area (Å²) >= 11 is 0. The van der Waals surface area contributed by atoms with Crippen LogP contribution >= 0.6 is 0 Å². The van der Waals surface area contributed by atoms with Gasteiger partial charge in [-0.05, 0) is 50.2 Å². The summed E-state index contributed by atoms with van der Waals surface area (Å²) in [6, 6.07) is 5.13. The summed E-state index contributed by atoms with van der Waals surface area (Å²) in [5, 5.41) is 4.33. The summed E-state index contributed by atoms with van der Waals surface area (Å²) in [6.07, 6.45) is 8.37. The van der Waals surface area contributed by atoms with E-state index < -0.39 is 11.6 Å². The monoisotopic (exact) mass is 452 g/mol. The van der Waals surface area contributed by atoms with Crippen molar-refractivity contribution >= 4 is 23.4 Å². The van der Waals surface area contributed by atoms with Crippen molar-refractivity contribution in [2.45, 2.75) is 18.9 Å². The van der Waals surface area contributed by atoms with Crippen molar-refractivity contribution in [2.24, 2.45) is 0 Å². The van der Waals surface area contributed by atoms with Crippen LogP contribution in [-0.2, 0) is 4.79 Å². The number of aromatic nitrogens is 3. The molecule has 2 saturated heterocycles. The Kier molecular flexibility index (Phi) is 5.80. The lowest BCUT2D eigenvalue weighted by atomic mass is 10.0. The van der Waals surface area contributed by atoms with Crippen LogP contribution in [0.1, 0.15) is 30.0 Å². The molecule has 1 aromatic carbocycles. The van der Waals surface area contributed by atoms with Crippen LogP contribution < -0.4 is 4.90 Å². The van der Waals surface area contributed by atoms with E-state index in [4.69, 9.17) is 4.98 Å². The Morgan fingerprint density at radius 1 is 1.12 bits per heavy atom. The molecule has 0 radical (unpaired) electrons. The third-order valence-electron chi connectivity index (χ3n) is 6.47. The zero-order valence-corrected chi connectivity index (χ0v) is 18.5. The van der Waals surface area contributed by atoms with Crippen molar-refractivity contribution in [1.29, 1.82) is 0 Å². The Morgan fingerprint density at radius 3 is 2.76 bits per heavy atom. The largest absolute Gasteiger partial charge is 0.349 e. The number of nitrogens with zero attached hydrogens (tertiary/aromatic N) is 6. The summed E-state index contributed by atoms with van der Waals surface area (Å²) < 4.78 is 29.9. The van der Waals surface area contributed by atoms with Crippen LogP contribution in [0.2, 0.25) is 0 Å². The molecular formula is C24H26F2N6O. The van der Waals surface area contributed by atoms with E-state index in [1.165, 1.54) is 12.1 Å². The van der Waals surface area contributed by atoms with Crippen molar-refractivity contribution in [3.05, 3.63) is 65.5 Å². The second-order valence-corrected chi connectivity index (χ2v) is 8.63. The minimum absolute atomic E-state index is 0.0280. The molecule has 1 atom stereocenters. The predicted molar refractivity (Wildman–Crippen MR) is 122 cm³/mol. The normalized spacial score (nSPS) is 19.8. The molecule has 7 nitrogen and oxygen atoms in total. The predicted octanol–water partition coefficient (Wildman–Crippen LogP) is 3.14. The van der Waals surface area contributed by atoms with Crippen molar-refractivity contribution in [1.82, 2.24) is 24.4 Å². The van der Waals surface area contributed by atoms with E-state index in [-0.39, 0.29) is 11.9 Å². The lowest BCUT2D eigenvalue weighted by Crippen LogP contribution is -2.46. The number of likely N-dealkylation sites (N-methyl/N-ethyl adjacent to an activating group) is 1. The first-order chi connectivity index (χ1) is 16.0. The van der Waals surface area contributed by atoms with Gasteiger partial charge >= 0.3 is 0 Å². The lowest BCUT2D eigenvalue weighted by molar-refractivity contribution is -0.127. The Hall–Kier alpha value is -3.33. The highest BCUT2D eigenvalue weighted by atomic mass is 19.1. The number of benzene rings is 1. The molecule has 3 aromatic rings. The second kappa shape index (κ2) is 8.90. The molecule has 2 fully saturated rings. The molecule has 2 aromatic heterocycles. The van der Waals surface area contributed by atoms with Gasteiger partial charge in [-0.15, -0.1) is 0 Å². The van der Waals surface area contributed by atoms with Gasteiger partial charge in [-0.2, -0.15) is 5.10 Å². The molecule has 1 amide bonds. The number of rotatable bonds is 4. The standard InChI is InChI=1S/C24H26F2N6O/c1-29-11-13-30(14-12-29)23(33)7-4-17-16-27-32-10-8-22(28-24(17)32)31-9-2-3-21(31)19-15-18(25)5-6-20(19)26/h4-8,10,15-16,21H,2-3,9,11-14H2,1H3/t21-/m1/s1. The maximum Gasteiger partial charge on any atom is 0.246 e. The Balaban J connectivity index is 1.40. The van der Waals surface area contributed by atoms with E-state index in [0.29, 0.717) is 36.7 Å². The van der Waals surface area contributed by atoms with E-state index >= 15 is 0 Å². The van der Waals surface area contributed by atoms with Gasteiger partial charge in [0, 0.05) is 56.1 Å². The molecular weight excluding hydrogens is 426 g/mol. The first kappa shape index (κ1) is 21.5. The number of hydrogen-bond donors (Lipinski definition) is 0. The maximum absolute atomic E-state index is 14.5. The molecule has 0 saturated carbocycles. The first-order valence-electron chi connectivity index (χ1n) is 11.2. The van der Waals surface area contributed by atoms with Crippen LogP contribution in [0.25, 0.3) is 11.7 Å². The maximum atomic E-state index is 14.5. The van der Waals surface area contributed by atoms with Crippen LogP contribution in [0.5, 0.6) is 0 Å². The number of fused-ring (bicyclic) bond motifs is 1. The third-order valence-corrected chi connectivity index (χ3v) is 6.47. The number of piperazine rings is 1. The quantitative estimate of drug-likeness (QED) is 0.570. The van der Waals surface area contributed by atoms with Gasteiger partial charge in [0.05, 0.1) is 12.2 Å². The van der Waals surface area contributed by atoms with Gasteiger partial charge in [0.1, 0.15) is 17.5 Å². The molecule has 0 spiro atoms. The summed E-state index contributed by atoms with van der Waals surface area (Å²) in [5.41, 5.74) is 1.69. The van der Waals surface area contributed by atoms with Crippen molar-refractivity contribution in [3.63, 3.8) is 0 Å². The summed E-state index contributed by atoms with van der Waals surface area (Å²) in [7, 11) is 2.05. The lowest BCUT2D eigenvalue weighted by Gasteiger charge is -2.31. The first-order valence-corrected chi connectivity index (χ1v) is 11.2. The Bertz CT molecular complexity index is 1200. The number of hydrogen-bond acceptors (Lipinski definition) is 5. The molecule has 2 aliphatic heterocycles. The molecule has 4 heterocycles. The van der Waals surface area contributed by atoms with Crippen molar-refractivity contribution in [3.8, 4) is 0 Å². The fraction of sp³-hybridized carbons (Fsp3) is 0.375. The van der Waals surface area contributed by atoms with E-state index in [1.54, 1.807) is 29.1 Å². The molecule has 0 bridgehead atoms. The van der Waals surface area contributed by atoms with Crippen molar-refractivity contribution < 1.29 is 13.6 Å². The molecule has 2 aliphatic rings. The highest BCUT2D eigenvalue weighted by Gasteiger charge is 2.30. The number of carbonyl (C=O) groups is 1. The summed E-state index contributed by atoms with van der Waals surface area (Å²) in [5.74, 6) is -0.214. The molecule has 9 heteroatoms. The molecule has 0 N–H and O–H groups in total. The molecule has 5 rings (SSSR count). The van der Waals surface area contributed by atoms with Gasteiger partial charge in [-0.25, -0.2) is 18.3 Å². The number of halogens is 2. The van der Waals surface area contributed by atoms with Gasteiger partial charge in [0.2, 0.25) is 5.91 Å². The smallest absolute Gasteiger partial charge is 0.246 e. The van der Waals surface area contributed by atoms with Crippen molar-refractivity contribution in [2.75, 3.05) is 44.7 Å². The number of carbonyl (C=O) groups excluding carboxylic acids is 1. The fourth-order valence-electron chi connectivity index (χ4n) is 4.58. The van der Waals surface area contributed by atoms with E-state index in [1.807, 2.05) is 22.9 Å². The number of anilines is 1. The highest BCUT2D eigenvalue weighted by Crippen LogP contribution is 2.36. The molecule has 0 aliphatic carbocycles. The van der Waals surface area contributed by atoms with Crippen LogP contribution in [0.15, 0.2) is 42.7 Å². The zero-order chi connectivity index (χ0) is 22.9. The van der Waals surface area contributed by atoms with Crippen LogP contribution in [-0.4, -0.2) is 70.1 Å². The summed E-state index contributed by atoms with van der Waals surface area (Å²) in [6.45, 7) is 3.85. The van der Waals surface area contributed by atoms with Crippen LogP contribution in [0.3, 0.4) is 0 Å². The van der Waals surface area contributed by atoms with Gasteiger partial charge in [-0.1, -0.05) is 0 Å². The Labute approximate surface area is 190 Å². The van der Waals surface area contributed by atoms with E-state index in [0.717, 1.165) is 37.6 Å². The molecule has 0 unspecified atom stereocenters. The fourth-order valence-corrected chi connectivity index (χ4v) is 4.58.